The van der Waals surface area contributed by atoms with E-state index in [1.165, 1.54) is 0 Å². The van der Waals surface area contributed by atoms with E-state index in [1.807, 2.05) is 0 Å². The van der Waals surface area contributed by atoms with Crippen LogP contribution in [0.4, 0.5) is 0 Å². The topological polar surface area (TPSA) is 62.3 Å². The van der Waals surface area contributed by atoms with Gasteiger partial charge in [-0.05, 0) is 40.9 Å². The highest BCUT2D eigenvalue weighted by molar-refractivity contribution is 9.10. The average Bonchev–Trinajstić information content (AvgIpc) is 2.80. The van der Waals surface area contributed by atoms with Crippen LogP contribution in [0.2, 0.25) is 0 Å². The first kappa shape index (κ1) is 12.6. The first-order valence-corrected chi connectivity index (χ1v) is 7.17. The van der Waals surface area contributed by atoms with E-state index in [2.05, 4.69) is 26.2 Å². The van der Waals surface area contributed by atoms with Crippen LogP contribution >= 0.6 is 15.9 Å². The number of fused-ring (bicyclic) bond motifs is 1. The summed E-state index contributed by atoms with van der Waals surface area (Å²) in [4.78, 5) is 30.2. The lowest BCUT2D eigenvalue weighted by Crippen LogP contribution is -2.49. The fraction of sp³-hybridized carbons (Fsp3) is 0.462. The van der Waals surface area contributed by atoms with E-state index in [9.17, 15) is 9.59 Å². The number of carbonyl (C=O) groups is 2. The van der Waals surface area contributed by atoms with E-state index in [4.69, 9.17) is 0 Å². The van der Waals surface area contributed by atoms with E-state index in [0.29, 0.717) is 23.3 Å². The number of pyridine rings is 1. The molecular weight excluding hydrogens is 310 g/mol. The summed E-state index contributed by atoms with van der Waals surface area (Å²) in [5, 5.41) is 2.85. The average molecular weight is 324 g/mol. The third-order valence-electron chi connectivity index (χ3n) is 3.82. The van der Waals surface area contributed by atoms with E-state index in [1.54, 1.807) is 23.2 Å². The lowest BCUT2D eigenvalue weighted by molar-refractivity contribution is -0.123. The Labute approximate surface area is 119 Å². The summed E-state index contributed by atoms with van der Waals surface area (Å²) in [5.41, 5.74) is 0.419. The smallest absolute Gasteiger partial charge is 0.273 e. The summed E-state index contributed by atoms with van der Waals surface area (Å²) in [7, 11) is 0. The highest BCUT2D eigenvalue weighted by atomic mass is 79.9. The zero-order chi connectivity index (χ0) is 13.4. The monoisotopic (exact) mass is 323 g/mol. The minimum Gasteiger partial charge on any atom is -0.354 e. The van der Waals surface area contributed by atoms with Crippen molar-refractivity contribution in [2.75, 3.05) is 13.1 Å². The first-order valence-electron chi connectivity index (χ1n) is 6.37. The maximum atomic E-state index is 12.6. The van der Waals surface area contributed by atoms with Gasteiger partial charge in [0, 0.05) is 23.8 Å². The van der Waals surface area contributed by atoms with Crippen molar-refractivity contribution in [3.8, 4) is 0 Å². The highest BCUT2D eigenvalue weighted by Gasteiger charge is 2.43. The third-order valence-corrected chi connectivity index (χ3v) is 4.46. The zero-order valence-electron chi connectivity index (χ0n) is 10.3. The van der Waals surface area contributed by atoms with E-state index in [0.717, 1.165) is 12.8 Å². The quantitative estimate of drug-likeness (QED) is 0.844. The molecule has 2 amide bonds. The number of likely N-dealkylation sites (tertiary alicyclic amines) is 1. The van der Waals surface area contributed by atoms with Gasteiger partial charge >= 0.3 is 0 Å². The van der Waals surface area contributed by atoms with E-state index in [-0.39, 0.29) is 23.8 Å². The van der Waals surface area contributed by atoms with Gasteiger partial charge in [0.1, 0.15) is 5.69 Å². The van der Waals surface area contributed by atoms with Gasteiger partial charge in [-0.1, -0.05) is 0 Å². The van der Waals surface area contributed by atoms with Gasteiger partial charge < -0.3 is 10.2 Å². The van der Waals surface area contributed by atoms with Gasteiger partial charge in [-0.3, -0.25) is 9.59 Å². The lowest BCUT2D eigenvalue weighted by atomic mass is 9.91. The molecule has 0 saturated carbocycles. The molecule has 19 heavy (non-hydrogen) atoms. The van der Waals surface area contributed by atoms with Crippen molar-refractivity contribution in [1.82, 2.24) is 15.2 Å². The molecule has 2 fully saturated rings. The lowest BCUT2D eigenvalue weighted by Gasteiger charge is -2.35. The number of nitrogens with one attached hydrogen (secondary N) is 1. The molecule has 3 heterocycles. The predicted molar refractivity (Wildman–Crippen MR) is 72.5 cm³/mol. The first-order chi connectivity index (χ1) is 9.18. The Morgan fingerprint density at radius 1 is 1.53 bits per heavy atom. The van der Waals surface area contributed by atoms with Crippen molar-refractivity contribution >= 4 is 27.7 Å². The summed E-state index contributed by atoms with van der Waals surface area (Å²) in [5.74, 6) is -0.0820. The number of aromatic nitrogens is 1. The normalized spacial score (nSPS) is 25.9. The molecule has 100 valence electrons. The molecule has 3 rings (SSSR count). The Bertz CT molecular complexity index is 534. The number of halogens is 1. The molecule has 2 aliphatic heterocycles. The molecule has 0 unspecified atom stereocenters. The van der Waals surface area contributed by atoms with Crippen molar-refractivity contribution in [1.29, 1.82) is 0 Å². The highest BCUT2D eigenvalue weighted by Crippen LogP contribution is 2.29. The van der Waals surface area contributed by atoms with Gasteiger partial charge in [-0.2, -0.15) is 0 Å². The maximum absolute atomic E-state index is 12.6. The number of hydrogen-bond acceptors (Lipinski definition) is 3. The van der Waals surface area contributed by atoms with Crippen LogP contribution in [0.3, 0.4) is 0 Å². The van der Waals surface area contributed by atoms with Crippen LogP contribution < -0.4 is 5.32 Å². The minimum atomic E-state index is -0.0984. The van der Waals surface area contributed by atoms with Crippen molar-refractivity contribution in [2.45, 2.75) is 18.9 Å². The maximum Gasteiger partial charge on any atom is 0.273 e. The molecule has 2 saturated heterocycles. The molecule has 0 bridgehead atoms. The van der Waals surface area contributed by atoms with Crippen molar-refractivity contribution in [3.05, 3.63) is 28.5 Å². The number of rotatable bonds is 1. The standard InChI is InChI=1S/C13H14BrN3O2/c14-9-4-1-5-15-11(9)13(19)17-6-2-3-8-10(17)7-16-12(8)18/h1,4-5,8,10H,2-3,6-7H2,(H,16,18)/t8-,10-/m1/s1. The van der Waals surface area contributed by atoms with Gasteiger partial charge in [0.15, 0.2) is 0 Å². The van der Waals surface area contributed by atoms with Crippen LogP contribution in [0.1, 0.15) is 23.3 Å². The molecule has 0 spiro atoms. The molecule has 1 N–H and O–H groups in total. The van der Waals surface area contributed by atoms with Crippen LogP contribution in [0, 0.1) is 5.92 Å². The Morgan fingerprint density at radius 3 is 3.16 bits per heavy atom. The van der Waals surface area contributed by atoms with Gasteiger partial charge in [-0.15, -0.1) is 0 Å². The van der Waals surface area contributed by atoms with Crippen molar-refractivity contribution in [2.24, 2.45) is 5.92 Å². The van der Waals surface area contributed by atoms with Crippen LogP contribution in [0.15, 0.2) is 22.8 Å². The molecule has 1 aromatic rings. The summed E-state index contributed by atoms with van der Waals surface area (Å²) in [6, 6.07) is 3.56. The Balaban J connectivity index is 1.87. The molecule has 6 heteroatoms. The Hall–Kier alpha value is -1.43. The summed E-state index contributed by atoms with van der Waals surface area (Å²) >= 11 is 3.36. The molecule has 1 aromatic heterocycles. The number of carbonyl (C=O) groups excluding carboxylic acids is 2. The van der Waals surface area contributed by atoms with Crippen molar-refractivity contribution < 1.29 is 9.59 Å². The molecule has 5 nitrogen and oxygen atoms in total. The third kappa shape index (κ3) is 2.14. The summed E-state index contributed by atoms with van der Waals surface area (Å²) < 4.78 is 0.694. The Morgan fingerprint density at radius 2 is 2.37 bits per heavy atom. The predicted octanol–water partition coefficient (Wildman–Crippen LogP) is 1.19. The molecule has 2 aliphatic rings. The SMILES string of the molecule is O=C1NC[C@@H]2[C@H]1CCCN2C(=O)c1ncccc1Br. The van der Waals surface area contributed by atoms with Gasteiger partial charge in [0.25, 0.3) is 5.91 Å². The second-order valence-electron chi connectivity index (χ2n) is 4.89. The van der Waals surface area contributed by atoms with Gasteiger partial charge in [-0.25, -0.2) is 4.98 Å². The van der Waals surface area contributed by atoms with Crippen LogP contribution in [-0.2, 0) is 4.79 Å². The number of amides is 2. The number of nitrogens with zero attached hydrogens (tertiary/aromatic N) is 2. The zero-order valence-corrected chi connectivity index (χ0v) is 11.9. The molecular formula is C13H14BrN3O2. The fourth-order valence-corrected chi connectivity index (χ4v) is 3.31. The van der Waals surface area contributed by atoms with Gasteiger partial charge in [0.05, 0.1) is 12.0 Å². The second kappa shape index (κ2) is 4.92. The fourth-order valence-electron chi connectivity index (χ4n) is 2.88. The van der Waals surface area contributed by atoms with Crippen LogP contribution in [-0.4, -0.2) is 40.8 Å². The second-order valence-corrected chi connectivity index (χ2v) is 5.75. The summed E-state index contributed by atoms with van der Waals surface area (Å²) in [6.45, 7) is 1.25. The minimum absolute atomic E-state index is 0.0253. The van der Waals surface area contributed by atoms with Crippen molar-refractivity contribution in [3.63, 3.8) is 0 Å². The van der Waals surface area contributed by atoms with Gasteiger partial charge in [0.2, 0.25) is 5.91 Å². The van der Waals surface area contributed by atoms with Crippen LogP contribution in [0.25, 0.3) is 0 Å². The Kier molecular flexibility index (Phi) is 3.26. The molecule has 0 aliphatic carbocycles. The largest absolute Gasteiger partial charge is 0.354 e. The van der Waals surface area contributed by atoms with Crippen LogP contribution in [0.5, 0.6) is 0 Å². The summed E-state index contributed by atoms with van der Waals surface area (Å²) in [6.07, 6.45) is 3.34. The van der Waals surface area contributed by atoms with E-state index < -0.39 is 0 Å². The molecule has 2 atom stereocenters. The van der Waals surface area contributed by atoms with E-state index >= 15 is 0 Å². The molecule has 0 radical (unpaired) electrons. The number of hydrogen-bond donors (Lipinski definition) is 1. The molecule has 0 aromatic carbocycles. The number of piperidine rings is 1.